The summed E-state index contributed by atoms with van der Waals surface area (Å²) >= 11 is 3.45. The summed E-state index contributed by atoms with van der Waals surface area (Å²) in [6.45, 7) is 1.76. The van der Waals surface area contributed by atoms with Gasteiger partial charge in [-0.25, -0.2) is 4.98 Å². The van der Waals surface area contributed by atoms with E-state index in [1.807, 2.05) is 36.4 Å². The van der Waals surface area contributed by atoms with Crippen molar-refractivity contribution >= 4 is 38.6 Å². The number of nitrogens with one attached hydrogen (secondary N) is 1. The Morgan fingerprint density at radius 3 is 2.73 bits per heavy atom. The van der Waals surface area contributed by atoms with Crippen molar-refractivity contribution in [1.82, 2.24) is 15.1 Å². The minimum absolute atomic E-state index is 0.291. The SMILES string of the molecule is Cc1cc(NC(=O)c2cc(-c3ccccn3)nc3ccc(Br)cc23)no1. The molecule has 0 aliphatic rings. The summed E-state index contributed by atoms with van der Waals surface area (Å²) in [5.74, 6) is 0.699. The Morgan fingerprint density at radius 2 is 2.00 bits per heavy atom. The minimum atomic E-state index is -0.291. The van der Waals surface area contributed by atoms with Crippen molar-refractivity contribution in [3.8, 4) is 11.4 Å². The number of aromatic nitrogens is 3. The third-order valence-corrected chi connectivity index (χ3v) is 4.31. The van der Waals surface area contributed by atoms with Gasteiger partial charge in [-0.15, -0.1) is 0 Å². The van der Waals surface area contributed by atoms with Gasteiger partial charge in [0, 0.05) is 22.1 Å². The fourth-order valence-electron chi connectivity index (χ4n) is 2.64. The number of aryl methyl sites for hydroxylation is 1. The summed E-state index contributed by atoms with van der Waals surface area (Å²) in [6, 6.07) is 14.6. The number of benzene rings is 1. The van der Waals surface area contributed by atoms with Gasteiger partial charge in [0.05, 0.1) is 22.5 Å². The molecule has 0 aliphatic heterocycles. The first kappa shape index (κ1) is 16.4. The van der Waals surface area contributed by atoms with E-state index in [-0.39, 0.29) is 5.91 Å². The molecule has 0 unspecified atom stereocenters. The Labute approximate surface area is 157 Å². The van der Waals surface area contributed by atoms with Crippen LogP contribution in [0.2, 0.25) is 0 Å². The predicted octanol–water partition coefficient (Wildman–Crippen LogP) is 4.61. The van der Waals surface area contributed by atoms with Gasteiger partial charge in [0.1, 0.15) is 5.76 Å². The number of carbonyl (C=O) groups is 1. The maximum atomic E-state index is 12.9. The molecule has 0 atom stereocenters. The third kappa shape index (κ3) is 3.21. The summed E-state index contributed by atoms with van der Waals surface area (Å²) < 4.78 is 5.87. The zero-order valence-corrected chi connectivity index (χ0v) is 15.3. The Morgan fingerprint density at radius 1 is 1.12 bits per heavy atom. The van der Waals surface area contributed by atoms with Crippen molar-refractivity contribution in [2.45, 2.75) is 6.92 Å². The summed E-state index contributed by atoms with van der Waals surface area (Å²) in [4.78, 5) is 21.8. The molecule has 1 N–H and O–H groups in total. The van der Waals surface area contributed by atoms with Gasteiger partial charge in [-0.1, -0.05) is 27.2 Å². The molecule has 4 rings (SSSR count). The van der Waals surface area contributed by atoms with E-state index < -0.39 is 0 Å². The summed E-state index contributed by atoms with van der Waals surface area (Å²) in [7, 11) is 0. The van der Waals surface area contributed by atoms with E-state index in [4.69, 9.17) is 4.52 Å². The highest BCUT2D eigenvalue weighted by Gasteiger charge is 2.16. The van der Waals surface area contributed by atoms with Gasteiger partial charge in [0.25, 0.3) is 5.91 Å². The molecule has 0 radical (unpaired) electrons. The predicted molar refractivity (Wildman–Crippen MR) is 102 cm³/mol. The Kier molecular flexibility index (Phi) is 4.22. The van der Waals surface area contributed by atoms with Gasteiger partial charge in [0.15, 0.2) is 5.82 Å². The van der Waals surface area contributed by atoms with Crippen LogP contribution < -0.4 is 5.32 Å². The van der Waals surface area contributed by atoms with Crippen LogP contribution in [0.3, 0.4) is 0 Å². The first-order valence-corrected chi connectivity index (χ1v) is 8.66. The van der Waals surface area contributed by atoms with Gasteiger partial charge in [-0.3, -0.25) is 9.78 Å². The molecule has 3 heterocycles. The normalized spacial score (nSPS) is 10.8. The maximum absolute atomic E-state index is 12.9. The molecular weight excluding hydrogens is 396 g/mol. The fourth-order valence-corrected chi connectivity index (χ4v) is 3.00. The molecule has 1 amide bonds. The van der Waals surface area contributed by atoms with E-state index in [1.165, 1.54) is 0 Å². The number of fused-ring (bicyclic) bond motifs is 1. The van der Waals surface area contributed by atoms with Crippen LogP contribution in [0.15, 0.2) is 63.7 Å². The number of hydrogen-bond donors (Lipinski definition) is 1. The largest absolute Gasteiger partial charge is 0.360 e. The van der Waals surface area contributed by atoms with Crippen LogP contribution in [-0.4, -0.2) is 21.0 Å². The number of carbonyl (C=O) groups excluding carboxylic acids is 1. The lowest BCUT2D eigenvalue weighted by atomic mass is 10.1. The fraction of sp³-hybridized carbons (Fsp3) is 0.0526. The van der Waals surface area contributed by atoms with Crippen molar-refractivity contribution in [1.29, 1.82) is 0 Å². The van der Waals surface area contributed by atoms with Crippen LogP contribution in [0, 0.1) is 6.92 Å². The number of anilines is 1. The standard InChI is InChI=1S/C19H13BrN4O2/c1-11-8-18(24-26-11)23-19(25)14-10-17(16-4-2-3-7-21-16)22-15-6-5-12(20)9-13(14)15/h2-10H,1H3,(H,23,24,25). The second kappa shape index (κ2) is 6.68. The highest BCUT2D eigenvalue weighted by atomic mass is 79.9. The average molecular weight is 409 g/mol. The smallest absolute Gasteiger partial charge is 0.257 e. The van der Waals surface area contributed by atoms with E-state index in [0.29, 0.717) is 34.0 Å². The molecule has 0 saturated heterocycles. The molecular formula is C19H13BrN4O2. The minimum Gasteiger partial charge on any atom is -0.360 e. The van der Waals surface area contributed by atoms with Crippen molar-refractivity contribution in [2.75, 3.05) is 5.32 Å². The molecule has 7 heteroatoms. The second-order valence-electron chi connectivity index (χ2n) is 5.71. The zero-order valence-electron chi connectivity index (χ0n) is 13.7. The summed E-state index contributed by atoms with van der Waals surface area (Å²) in [6.07, 6.45) is 1.70. The molecule has 128 valence electrons. The average Bonchev–Trinajstić information content (AvgIpc) is 3.06. The highest BCUT2D eigenvalue weighted by molar-refractivity contribution is 9.10. The van der Waals surface area contributed by atoms with E-state index >= 15 is 0 Å². The van der Waals surface area contributed by atoms with Crippen molar-refractivity contribution in [3.63, 3.8) is 0 Å². The van der Waals surface area contributed by atoms with Gasteiger partial charge >= 0.3 is 0 Å². The lowest BCUT2D eigenvalue weighted by molar-refractivity contribution is 0.102. The van der Waals surface area contributed by atoms with Crippen molar-refractivity contribution in [2.24, 2.45) is 0 Å². The monoisotopic (exact) mass is 408 g/mol. The molecule has 0 fully saturated rings. The van der Waals surface area contributed by atoms with E-state index in [1.54, 1.807) is 25.3 Å². The van der Waals surface area contributed by atoms with Crippen molar-refractivity contribution in [3.05, 3.63) is 70.5 Å². The van der Waals surface area contributed by atoms with Crippen molar-refractivity contribution < 1.29 is 9.32 Å². The van der Waals surface area contributed by atoms with Crippen LogP contribution in [-0.2, 0) is 0 Å². The second-order valence-corrected chi connectivity index (χ2v) is 6.62. The number of rotatable bonds is 3. The number of amides is 1. The first-order chi connectivity index (χ1) is 12.6. The van der Waals surface area contributed by atoms with E-state index in [0.717, 1.165) is 9.86 Å². The molecule has 0 bridgehead atoms. The number of hydrogen-bond acceptors (Lipinski definition) is 5. The van der Waals surface area contributed by atoms with E-state index in [9.17, 15) is 4.79 Å². The molecule has 1 aromatic carbocycles. The molecule has 0 spiro atoms. The zero-order chi connectivity index (χ0) is 18.1. The Bertz CT molecular complexity index is 1110. The number of pyridine rings is 2. The first-order valence-electron chi connectivity index (χ1n) is 7.86. The number of nitrogens with zero attached hydrogens (tertiary/aromatic N) is 3. The molecule has 0 aliphatic carbocycles. The van der Waals surface area contributed by atoms with Crippen LogP contribution in [0.25, 0.3) is 22.3 Å². The Balaban J connectivity index is 1.85. The third-order valence-electron chi connectivity index (χ3n) is 3.81. The maximum Gasteiger partial charge on any atom is 0.257 e. The van der Waals surface area contributed by atoms with Gasteiger partial charge in [0.2, 0.25) is 0 Å². The Hall–Kier alpha value is -3.06. The van der Waals surface area contributed by atoms with Crippen LogP contribution in [0.5, 0.6) is 0 Å². The molecule has 4 aromatic rings. The van der Waals surface area contributed by atoms with Gasteiger partial charge in [-0.05, 0) is 43.3 Å². The lowest BCUT2D eigenvalue weighted by Gasteiger charge is -2.09. The van der Waals surface area contributed by atoms with Gasteiger partial charge < -0.3 is 9.84 Å². The number of halogens is 1. The molecule has 0 saturated carbocycles. The lowest BCUT2D eigenvalue weighted by Crippen LogP contribution is -2.13. The van der Waals surface area contributed by atoms with Gasteiger partial charge in [-0.2, -0.15) is 0 Å². The molecule has 6 nitrogen and oxygen atoms in total. The molecule has 26 heavy (non-hydrogen) atoms. The summed E-state index contributed by atoms with van der Waals surface area (Å²) in [5.41, 5.74) is 2.51. The van der Waals surface area contributed by atoms with E-state index in [2.05, 4.69) is 36.4 Å². The molecule has 3 aromatic heterocycles. The summed E-state index contributed by atoms with van der Waals surface area (Å²) in [5, 5.41) is 7.31. The quantitative estimate of drug-likeness (QED) is 0.535. The van der Waals surface area contributed by atoms with Crippen LogP contribution in [0.1, 0.15) is 16.1 Å². The topological polar surface area (TPSA) is 80.9 Å². The highest BCUT2D eigenvalue weighted by Crippen LogP contribution is 2.27. The van der Waals surface area contributed by atoms with Crippen LogP contribution in [0.4, 0.5) is 5.82 Å². The van der Waals surface area contributed by atoms with Crippen LogP contribution >= 0.6 is 15.9 Å².